The third-order valence-electron chi connectivity index (χ3n) is 7.16. The van der Waals surface area contributed by atoms with Crippen molar-refractivity contribution in [3.05, 3.63) is 72.8 Å². The maximum Gasteiger partial charge on any atom is 1.00 e. The maximum absolute atomic E-state index is 12.2. The van der Waals surface area contributed by atoms with Crippen LogP contribution in [0.15, 0.2) is 118 Å². The van der Waals surface area contributed by atoms with Crippen molar-refractivity contribution in [2.45, 2.75) is 14.7 Å². The predicted molar refractivity (Wildman–Crippen MR) is 185 cm³/mol. The summed E-state index contributed by atoms with van der Waals surface area (Å²) in [4.78, 5) is -1.35. The molecule has 0 spiro atoms. The minimum absolute atomic E-state index is 0. The van der Waals surface area contributed by atoms with Crippen LogP contribution in [0.1, 0.15) is 0 Å². The fourth-order valence-electron chi connectivity index (χ4n) is 4.68. The standard InChI is InChI=1S/C31H27N7O13S3.3Li/c1-47-25-12-18(34-33-17-4-7-19(8-5-17)52-51-50-40)6-9-22(25)35-36-23-14-27(49-3)24(15-26(23)48-2)37-38-30-29(54(44,45)46)11-16-10-28(53(41,42)43)21(32)13-20(16)31(30)39;;;/h4-15,39-40H,32H2,1-3H3,(H,41,42,43)(H,44,45,46);;;/q;3*+1/p-3. The molecule has 26 heteroatoms. The number of nitrogens with zero attached hydrogens (tertiary/aromatic N) is 6. The second-order valence-electron chi connectivity index (χ2n) is 10.5. The fourth-order valence-corrected chi connectivity index (χ4v) is 6.29. The summed E-state index contributed by atoms with van der Waals surface area (Å²) in [5.74, 6) is -0.485. The fraction of sp³-hybridized carbons (Fsp3) is 0.0968. The first-order valence-corrected chi connectivity index (χ1v) is 18.2. The normalized spacial score (nSPS) is 11.7. The molecule has 57 heavy (non-hydrogen) atoms. The van der Waals surface area contributed by atoms with E-state index in [1.165, 1.54) is 33.5 Å². The molecule has 282 valence electrons. The van der Waals surface area contributed by atoms with Crippen LogP contribution in [-0.2, 0) is 29.6 Å². The Morgan fingerprint density at radius 1 is 0.632 bits per heavy atom. The molecule has 0 heterocycles. The third kappa shape index (κ3) is 12.0. The number of azo groups is 3. The molecule has 20 nitrogen and oxygen atoms in total. The number of aromatic hydroxyl groups is 1. The predicted octanol–water partition coefficient (Wildman–Crippen LogP) is -2.55. The molecule has 5 aromatic carbocycles. The van der Waals surface area contributed by atoms with Gasteiger partial charge in [-0.2, -0.15) is 14.6 Å². The van der Waals surface area contributed by atoms with Crippen molar-refractivity contribution in [1.82, 2.24) is 0 Å². The summed E-state index contributed by atoms with van der Waals surface area (Å²) >= 11 is 0.736. The summed E-state index contributed by atoms with van der Waals surface area (Å²) in [5, 5.41) is 48.4. The number of benzene rings is 5. The van der Waals surface area contributed by atoms with Crippen LogP contribution in [0, 0.1) is 0 Å². The minimum atomic E-state index is -5.35. The Morgan fingerprint density at radius 2 is 1.12 bits per heavy atom. The molecule has 0 radical (unpaired) electrons. The molecule has 0 saturated carbocycles. The number of nitrogen functional groups attached to an aromatic ring is 1. The van der Waals surface area contributed by atoms with Gasteiger partial charge in [0, 0.05) is 34.2 Å². The van der Waals surface area contributed by atoms with Crippen molar-refractivity contribution in [3.8, 4) is 23.0 Å². The number of hydrogen-bond acceptors (Lipinski definition) is 21. The molecule has 0 aliphatic heterocycles. The SMILES string of the molecule is COc1cc(N=Nc2ccc(SOO[O-])cc2)ccc1N=Nc1cc(OC)c(N=Nc2c(S(=O)(=O)[O-])cc3cc(S(=O)(=O)[O-])c(N)cc3c2O)cc1OC.[Li+].[Li+].[Li+]. The van der Waals surface area contributed by atoms with Crippen molar-refractivity contribution in [2.24, 2.45) is 30.7 Å². The molecule has 3 N–H and O–H groups in total. The number of rotatable bonds is 14. The van der Waals surface area contributed by atoms with Gasteiger partial charge in [0.05, 0.1) is 54.5 Å². The number of phenolic OH excluding ortho intramolecular Hbond substituents is 1. The van der Waals surface area contributed by atoms with Crippen LogP contribution < -0.4 is 81.8 Å². The molecule has 0 aliphatic rings. The van der Waals surface area contributed by atoms with Gasteiger partial charge in [0.1, 0.15) is 60.2 Å². The zero-order valence-electron chi connectivity index (χ0n) is 30.8. The van der Waals surface area contributed by atoms with Gasteiger partial charge in [0.2, 0.25) is 0 Å². The van der Waals surface area contributed by atoms with Gasteiger partial charge >= 0.3 is 56.6 Å². The molecular formula is C31H24Li3N7O13S3. The van der Waals surface area contributed by atoms with E-state index in [2.05, 4.69) is 40.1 Å². The first kappa shape index (κ1) is 49.1. The molecule has 0 saturated heterocycles. The van der Waals surface area contributed by atoms with Crippen LogP contribution in [-0.4, -0.2) is 52.4 Å². The van der Waals surface area contributed by atoms with E-state index < -0.39 is 47.2 Å². The quantitative estimate of drug-likeness (QED) is 0.0222. The molecule has 5 rings (SSSR count). The van der Waals surface area contributed by atoms with Crippen molar-refractivity contribution in [3.63, 3.8) is 0 Å². The topological polar surface area (TPSA) is 304 Å². The van der Waals surface area contributed by atoms with Gasteiger partial charge in [-0.25, -0.2) is 16.8 Å². The molecule has 0 unspecified atom stereocenters. The number of fused-ring (bicyclic) bond motifs is 1. The maximum atomic E-state index is 12.2. The second-order valence-corrected chi connectivity index (χ2v) is 13.9. The van der Waals surface area contributed by atoms with Gasteiger partial charge in [-0.05, 0) is 60.0 Å². The van der Waals surface area contributed by atoms with Crippen LogP contribution in [0.2, 0.25) is 0 Å². The van der Waals surface area contributed by atoms with Crippen LogP contribution in [0.3, 0.4) is 0 Å². The Morgan fingerprint density at radius 3 is 1.67 bits per heavy atom. The van der Waals surface area contributed by atoms with E-state index in [9.17, 15) is 36.3 Å². The number of ether oxygens (including phenoxy) is 3. The van der Waals surface area contributed by atoms with Gasteiger partial charge < -0.3 is 39.4 Å². The van der Waals surface area contributed by atoms with Gasteiger partial charge in [0.25, 0.3) is 0 Å². The van der Waals surface area contributed by atoms with E-state index in [0.29, 0.717) is 27.7 Å². The summed E-state index contributed by atoms with van der Waals surface area (Å²) in [6, 6.07) is 16.4. The number of anilines is 1. The monoisotopic (exact) mass is 819 g/mol. The average Bonchev–Trinajstić information content (AvgIpc) is 3.14. The first-order valence-electron chi connectivity index (χ1n) is 14.6. The van der Waals surface area contributed by atoms with Gasteiger partial charge in [0.15, 0.2) is 5.75 Å². The molecule has 0 aliphatic carbocycles. The van der Waals surface area contributed by atoms with Crippen LogP contribution in [0.4, 0.5) is 39.8 Å². The number of nitrogens with two attached hydrogens (primary N) is 1. The van der Waals surface area contributed by atoms with E-state index in [1.54, 1.807) is 42.5 Å². The average molecular weight is 820 g/mol. The smallest absolute Gasteiger partial charge is 0.744 e. The van der Waals surface area contributed by atoms with Crippen LogP contribution in [0.25, 0.3) is 10.8 Å². The van der Waals surface area contributed by atoms with Crippen molar-refractivity contribution in [1.29, 1.82) is 0 Å². The van der Waals surface area contributed by atoms with E-state index in [0.717, 1.165) is 30.2 Å². The number of hydrogen-bond donors (Lipinski definition) is 2. The molecule has 0 aromatic heterocycles. The Hall–Kier alpha value is -4.00. The van der Waals surface area contributed by atoms with E-state index in [-0.39, 0.29) is 90.2 Å². The summed E-state index contributed by atoms with van der Waals surface area (Å²) in [6.07, 6.45) is 0. The Balaban J connectivity index is 0.00000374. The van der Waals surface area contributed by atoms with Gasteiger partial charge in [-0.15, -0.1) is 20.5 Å². The zero-order chi connectivity index (χ0) is 39.2. The number of methoxy groups -OCH3 is 3. The zero-order valence-corrected chi connectivity index (χ0v) is 33.2. The molecule has 0 bridgehead atoms. The van der Waals surface area contributed by atoms with E-state index in [1.807, 2.05) is 0 Å². The van der Waals surface area contributed by atoms with E-state index >= 15 is 0 Å². The van der Waals surface area contributed by atoms with Crippen molar-refractivity contribution < 1.29 is 116 Å². The molecular weight excluding hydrogens is 795 g/mol. The second kappa shape index (κ2) is 21.1. The Kier molecular flexibility index (Phi) is 18.2. The summed E-state index contributed by atoms with van der Waals surface area (Å²) < 4.78 is 91.9. The van der Waals surface area contributed by atoms with Crippen molar-refractivity contribution >= 4 is 82.9 Å². The molecule has 0 atom stereocenters. The third-order valence-corrected chi connectivity index (χ3v) is 9.49. The summed E-state index contributed by atoms with van der Waals surface area (Å²) in [6.45, 7) is 0. The van der Waals surface area contributed by atoms with E-state index in [4.69, 9.17) is 19.9 Å². The van der Waals surface area contributed by atoms with Crippen LogP contribution >= 0.6 is 12.0 Å². The first-order chi connectivity index (χ1) is 25.7. The van der Waals surface area contributed by atoms with Gasteiger partial charge in [-0.1, -0.05) is 0 Å². The van der Waals surface area contributed by atoms with Gasteiger partial charge in [-0.3, -0.25) is 5.04 Å². The number of phenols is 1. The molecule has 5 aromatic rings. The minimum Gasteiger partial charge on any atom is -0.744 e. The van der Waals surface area contributed by atoms with Crippen LogP contribution in [0.5, 0.6) is 23.0 Å². The summed E-state index contributed by atoms with van der Waals surface area (Å²) in [7, 11) is -6.42. The molecule has 0 amide bonds. The Labute approximate surface area is 365 Å². The largest absolute Gasteiger partial charge is 1.00 e. The van der Waals surface area contributed by atoms with Crippen molar-refractivity contribution in [2.75, 3.05) is 27.1 Å². The molecule has 0 fully saturated rings. The summed E-state index contributed by atoms with van der Waals surface area (Å²) in [5.41, 5.74) is 5.66. The Bertz CT molecular complexity index is 2550.